The molecule has 0 amide bonds. The molecule has 0 spiro atoms. The van der Waals surface area contributed by atoms with E-state index in [4.69, 9.17) is 0 Å². The number of nitrogens with one attached hydrogen (secondary N) is 2. The van der Waals surface area contributed by atoms with Crippen LogP contribution in [0.4, 0.5) is 13.2 Å². The zero-order chi connectivity index (χ0) is 14.3. The minimum atomic E-state index is -4.32. The van der Waals surface area contributed by atoms with Gasteiger partial charge in [-0.05, 0) is 17.7 Å². The second-order valence-electron chi connectivity index (χ2n) is 3.72. The predicted octanol–water partition coefficient (Wildman–Crippen LogP) is 2.54. The van der Waals surface area contributed by atoms with E-state index in [0.29, 0.717) is 12.5 Å². The van der Waals surface area contributed by atoms with E-state index in [1.165, 1.54) is 12.1 Å². The van der Waals surface area contributed by atoms with Gasteiger partial charge in [0.25, 0.3) is 0 Å². The Hall–Kier alpha value is -1.19. The van der Waals surface area contributed by atoms with Crippen LogP contribution in [-0.2, 0) is 6.54 Å². The Balaban J connectivity index is 0.00000361. The number of ether oxygens (including phenoxy) is 1. The molecule has 0 saturated heterocycles. The number of nitrogens with zero attached hydrogens (tertiary/aromatic N) is 1. The summed E-state index contributed by atoms with van der Waals surface area (Å²) < 4.78 is 40.5. The first kappa shape index (κ1) is 18.8. The highest BCUT2D eigenvalue weighted by atomic mass is 127. The molecule has 2 N–H and O–H groups in total. The van der Waals surface area contributed by atoms with Crippen molar-refractivity contribution in [2.45, 2.75) is 12.7 Å². The molecule has 0 aliphatic rings. The van der Waals surface area contributed by atoms with Gasteiger partial charge in [0, 0.05) is 20.6 Å². The topological polar surface area (TPSA) is 45.7 Å². The van der Waals surface area contributed by atoms with Gasteiger partial charge in [0.15, 0.2) is 12.6 Å². The largest absolute Gasteiger partial charge is 0.484 e. The molecule has 0 saturated carbocycles. The third-order valence-electron chi connectivity index (χ3n) is 2.25. The van der Waals surface area contributed by atoms with Crippen LogP contribution in [0.5, 0.6) is 5.75 Å². The molecule has 1 rings (SSSR count). The summed E-state index contributed by atoms with van der Waals surface area (Å²) in [6.45, 7) is -0.760. The Morgan fingerprint density at radius 1 is 1.25 bits per heavy atom. The molecule has 1 aromatic rings. The van der Waals surface area contributed by atoms with Gasteiger partial charge in [0.05, 0.1) is 0 Å². The standard InChI is InChI=1S/C12H16F3N3O.HI/c1-16-11(17-2)18-7-9-3-5-10(6-4-9)19-8-12(13,14)15;/h3-6H,7-8H2,1-2H3,(H2,16,17,18);1H. The van der Waals surface area contributed by atoms with Crippen LogP contribution in [0.3, 0.4) is 0 Å². The van der Waals surface area contributed by atoms with Gasteiger partial charge >= 0.3 is 6.18 Å². The van der Waals surface area contributed by atoms with Gasteiger partial charge in [-0.25, -0.2) is 0 Å². The van der Waals surface area contributed by atoms with Crippen molar-refractivity contribution in [3.8, 4) is 5.75 Å². The number of alkyl halides is 3. The van der Waals surface area contributed by atoms with Crippen LogP contribution in [0.15, 0.2) is 29.3 Å². The van der Waals surface area contributed by atoms with Crippen LogP contribution >= 0.6 is 24.0 Å². The first-order valence-corrected chi connectivity index (χ1v) is 5.61. The maximum Gasteiger partial charge on any atom is 0.422 e. The second kappa shape index (κ2) is 8.88. The van der Waals surface area contributed by atoms with Gasteiger partial charge in [-0.3, -0.25) is 4.99 Å². The van der Waals surface area contributed by atoms with Gasteiger partial charge in [0.2, 0.25) is 0 Å². The zero-order valence-corrected chi connectivity index (χ0v) is 13.5. The zero-order valence-electron chi connectivity index (χ0n) is 11.1. The SMILES string of the molecule is CN=C(NC)NCc1ccc(OCC(F)(F)F)cc1.I. The maximum atomic E-state index is 12.0. The van der Waals surface area contributed by atoms with Crippen LogP contribution in [0.2, 0.25) is 0 Å². The molecule has 20 heavy (non-hydrogen) atoms. The van der Waals surface area contributed by atoms with Crippen molar-refractivity contribution >= 4 is 29.9 Å². The smallest absolute Gasteiger partial charge is 0.422 e. The molecular formula is C12H17F3IN3O. The summed E-state index contributed by atoms with van der Waals surface area (Å²) in [5.41, 5.74) is 0.913. The monoisotopic (exact) mass is 403 g/mol. The van der Waals surface area contributed by atoms with Gasteiger partial charge < -0.3 is 15.4 Å². The molecular weight excluding hydrogens is 386 g/mol. The molecule has 4 nitrogen and oxygen atoms in total. The molecule has 0 aliphatic carbocycles. The van der Waals surface area contributed by atoms with Crippen LogP contribution < -0.4 is 15.4 Å². The summed E-state index contributed by atoms with van der Waals surface area (Å²) >= 11 is 0. The number of hydrogen-bond donors (Lipinski definition) is 2. The van der Waals surface area contributed by atoms with Crippen molar-refractivity contribution in [3.63, 3.8) is 0 Å². The van der Waals surface area contributed by atoms with Crippen molar-refractivity contribution in [1.29, 1.82) is 0 Å². The van der Waals surface area contributed by atoms with Crippen molar-refractivity contribution in [2.24, 2.45) is 4.99 Å². The summed E-state index contributed by atoms with van der Waals surface area (Å²) in [5, 5.41) is 5.89. The molecule has 0 fully saturated rings. The van der Waals surface area contributed by atoms with E-state index in [1.54, 1.807) is 26.2 Å². The van der Waals surface area contributed by atoms with Gasteiger partial charge in [-0.2, -0.15) is 13.2 Å². The lowest BCUT2D eigenvalue weighted by molar-refractivity contribution is -0.153. The number of rotatable bonds is 4. The van der Waals surface area contributed by atoms with E-state index in [2.05, 4.69) is 20.4 Å². The summed E-state index contributed by atoms with van der Waals surface area (Å²) in [7, 11) is 3.39. The average Bonchev–Trinajstić information content (AvgIpc) is 2.38. The lowest BCUT2D eigenvalue weighted by Gasteiger charge is -2.11. The van der Waals surface area contributed by atoms with E-state index < -0.39 is 12.8 Å². The average molecular weight is 403 g/mol. The Labute approximate surface area is 132 Å². The Kier molecular flexibility index (Phi) is 8.35. The maximum absolute atomic E-state index is 12.0. The van der Waals surface area contributed by atoms with E-state index in [-0.39, 0.29) is 29.7 Å². The summed E-state index contributed by atoms with van der Waals surface area (Å²) in [6, 6.07) is 6.40. The molecule has 0 aliphatic heterocycles. The first-order valence-electron chi connectivity index (χ1n) is 5.61. The Bertz CT molecular complexity index is 421. The quantitative estimate of drug-likeness (QED) is 0.462. The van der Waals surface area contributed by atoms with E-state index in [0.717, 1.165) is 5.56 Å². The normalized spacial score (nSPS) is 11.6. The highest BCUT2D eigenvalue weighted by molar-refractivity contribution is 14.0. The van der Waals surface area contributed by atoms with E-state index in [9.17, 15) is 13.2 Å². The van der Waals surface area contributed by atoms with Gasteiger partial charge in [0.1, 0.15) is 5.75 Å². The molecule has 0 heterocycles. The number of guanidine groups is 1. The fourth-order valence-corrected chi connectivity index (χ4v) is 1.33. The van der Waals surface area contributed by atoms with Gasteiger partial charge in [-0.1, -0.05) is 12.1 Å². The summed E-state index contributed by atoms with van der Waals surface area (Å²) in [6.07, 6.45) is -4.32. The number of aliphatic imine (C=N–C) groups is 1. The highest BCUT2D eigenvalue weighted by Crippen LogP contribution is 2.18. The van der Waals surface area contributed by atoms with Crippen LogP contribution in [0.25, 0.3) is 0 Å². The van der Waals surface area contributed by atoms with Crippen molar-refractivity contribution in [2.75, 3.05) is 20.7 Å². The molecule has 1 aromatic carbocycles. The predicted molar refractivity (Wildman–Crippen MR) is 82.7 cm³/mol. The van der Waals surface area contributed by atoms with Crippen molar-refractivity contribution in [3.05, 3.63) is 29.8 Å². The summed E-state index contributed by atoms with van der Waals surface area (Å²) in [4.78, 5) is 3.94. The fraction of sp³-hybridized carbons (Fsp3) is 0.417. The van der Waals surface area contributed by atoms with E-state index in [1.807, 2.05) is 0 Å². The summed E-state index contributed by atoms with van der Waals surface area (Å²) in [5.74, 6) is 0.830. The molecule has 0 unspecified atom stereocenters. The Morgan fingerprint density at radius 2 is 1.85 bits per heavy atom. The third-order valence-corrected chi connectivity index (χ3v) is 2.25. The van der Waals surface area contributed by atoms with Crippen LogP contribution in [0, 0.1) is 0 Å². The first-order chi connectivity index (χ1) is 8.94. The molecule has 114 valence electrons. The number of halogens is 4. The molecule has 0 radical (unpaired) electrons. The molecule has 0 bridgehead atoms. The molecule has 0 aromatic heterocycles. The van der Waals surface area contributed by atoms with Gasteiger partial charge in [-0.15, -0.1) is 24.0 Å². The molecule has 8 heteroatoms. The number of benzene rings is 1. The van der Waals surface area contributed by atoms with Crippen molar-refractivity contribution < 1.29 is 17.9 Å². The Morgan fingerprint density at radius 3 is 2.30 bits per heavy atom. The second-order valence-corrected chi connectivity index (χ2v) is 3.72. The van der Waals surface area contributed by atoms with Crippen molar-refractivity contribution in [1.82, 2.24) is 10.6 Å². The third kappa shape index (κ3) is 7.41. The molecule has 0 atom stereocenters. The minimum absolute atomic E-state index is 0. The lowest BCUT2D eigenvalue weighted by atomic mass is 10.2. The highest BCUT2D eigenvalue weighted by Gasteiger charge is 2.28. The van der Waals surface area contributed by atoms with E-state index >= 15 is 0 Å². The number of hydrogen-bond acceptors (Lipinski definition) is 2. The minimum Gasteiger partial charge on any atom is -0.484 e. The van der Waals surface area contributed by atoms with Crippen LogP contribution in [-0.4, -0.2) is 32.8 Å². The fourth-order valence-electron chi connectivity index (χ4n) is 1.33. The van der Waals surface area contributed by atoms with Crippen LogP contribution in [0.1, 0.15) is 5.56 Å². The lowest BCUT2D eigenvalue weighted by Crippen LogP contribution is -2.34.